The zero-order chi connectivity index (χ0) is 27.6. The predicted molar refractivity (Wildman–Crippen MR) is 141 cm³/mol. The van der Waals surface area contributed by atoms with Crippen LogP contribution in [0.1, 0.15) is 24.3 Å². The van der Waals surface area contributed by atoms with E-state index in [9.17, 15) is 23.3 Å². The van der Waals surface area contributed by atoms with E-state index in [1.54, 1.807) is 36.4 Å². The Balaban J connectivity index is 2.05. The van der Waals surface area contributed by atoms with Gasteiger partial charge in [-0.1, -0.05) is 30.3 Å². The number of allylic oxidation sites excluding steroid dienone is 1. The molecule has 0 aliphatic carbocycles. The number of sulfone groups is 1. The summed E-state index contributed by atoms with van der Waals surface area (Å²) in [7, 11) is -1.24. The first-order valence-corrected chi connectivity index (χ1v) is 13.8. The second-order valence-corrected chi connectivity index (χ2v) is 10.9. The van der Waals surface area contributed by atoms with Gasteiger partial charge in [0.25, 0.3) is 0 Å². The summed E-state index contributed by atoms with van der Waals surface area (Å²) in [4.78, 5) is 29.8. The van der Waals surface area contributed by atoms with Crippen LogP contribution in [-0.4, -0.2) is 53.9 Å². The predicted octanol–water partition coefficient (Wildman–Crippen LogP) is 2.59. The van der Waals surface area contributed by atoms with Crippen LogP contribution in [0.25, 0.3) is 0 Å². The van der Waals surface area contributed by atoms with Crippen LogP contribution in [0, 0.1) is 11.3 Å². The number of anilines is 2. The summed E-state index contributed by atoms with van der Waals surface area (Å²) >= 11 is 0. The van der Waals surface area contributed by atoms with Crippen LogP contribution in [0.5, 0.6) is 0 Å². The Bertz CT molecular complexity index is 1490. The third kappa shape index (κ3) is 4.70. The van der Waals surface area contributed by atoms with Crippen LogP contribution in [-0.2, 0) is 28.9 Å². The molecule has 0 spiro atoms. The molecule has 2 heterocycles. The molecule has 2 N–H and O–H groups in total. The molecule has 0 amide bonds. The highest BCUT2D eigenvalue weighted by atomic mass is 32.2. The number of nitrogens with zero attached hydrogens (tertiary/aromatic N) is 3. The van der Waals surface area contributed by atoms with Crippen molar-refractivity contribution in [2.24, 2.45) is 5.73 Å². The van der Waals surface area contributed by atoms with E-state index in [-0.39, 0.29) is 33.2 Å². The molecule has 11 heteroatoms. The zero-order valence-electron chi connectivity index (χ0n) is 21.3. The van der Waals surface area contributed by atoms with Crippen molar-refractivity contribution >= 4 is 33.2 Å². The van der Waals surface area contributed by atoms with Gasteiger partial charge in [0.1, 0.15) is 11.5 Å². The Morgan fingerprint density at radius 1 is 1.03 bits per heavy atom. The topological polar surface area (TPSA) is 143 Å². The molecule has 0 bridgehead atoms. The number of methoxy groups -OCH3 is 2. The Hall–Kier alpha value is -4.30. The number of esters is 2. The van der Waals surface area contributed by atoms with Gasteiger partial charge in [-0.2, -0.15) is 5.26 Å². The first-order chi connectivity index (χ1) is 18.1. The number of hydrogen-bond acceptors (Lipinski definition) is 10. The molecule has 2 aliphatic heterocycles. The Labute approximate surface area is 221 Å². The van der Waals surface area contributed by atoms with Crippen molar-refractivity contribution in [2.45, 2.75) is 23.7 Å². The van der Waals surface area contributed by atoms with Crippen LogP contribution in [0.4, 0.5) is 11.4 Å². The molecule has 2 aromatic carbocycles. The second kappa shape index (κ2) is 10.6. The lowest BCUT2D eigenvalue weighted by Crippen LogP contribution is -2.40. The molecule has 1 atom stereocenters. The smallest absolute Gasteiger partial charge is 0.355 e. The lowest BCUT2D eigenvalue weighted by molar-refractivity contribution is -0.139. The zero-order valence-corrected chi connectivity index (χ0v) is 22.1. The van der Waals surface area contributed by atoms with Crippen molar-refractivity contribution in [1.82, 2.24) is 0 Å². The summed E-state index contributed by atoms with van der Waals surface area (Å²) < 4.78 is 35.3. The second-order valence-electron chi connectivity index (χ2n) is 8.95. The van der Waals surface area contributed by atoms with E-state index in [1.165, 1.54) is 31.3 Å². The number of carbonyl (C=O) groups excluding carboxylic acids is 2. The summed E-state index contributed by atoms with van der Waals surface area (Å²) in [6.45, 7) is 1.31. The highest BCUT2D eigenvalue weighted by Crippen LogP contribution is 2.44. The number of ether oxygens (including phenoxy) is 2. The molecule has 1 saturated heterocycles. The Morgan fingerprint density at radius 2 is 1.66 bits per heavy atom. The lowest BCUT2D eigenvalue weighted by atomic mass is 9.81. The van der Waals surface area contributed by atoms with Gasteiger partial charge < -0.3 is 20.1 Å². The average molecular weight is 537 g/mol. The fourth-order valence-corrected chi connectivity index (χ4v) is 5.83. The molecule has 38 heavy (non-hydrogen) atoms. The molecular formula is C27H28N4O6S. The van der Waals surface area contributed by atoms with Gasteiger partial charge in [0.2, 0.25) is 0 Å². The van der Waals surface area contributed by atoms with Crippen molar-refractivity contribution in [3.8, 4) is 6.07 Å². The molecule has 2 aliphatic rings. The third-order valence-electron chi connectivity index (χ3n) is 6.66. The van der Waals surface area contributed by atoms with E-state index in [2.05, 4.69) is 6.07 Å². The fraction of sp³-hybridized carbons (Fsp3) is 0.296. The van der Waals surface area contributed by atoms with E-state index < -0.39 is 27.7 Å². The van der Waals surface area contributed by atoms with Gasteiger partial charge in [0.15, 0.2) is 9.84 Å². The largest absolute Gasteiger partial charge is 0.466 e. The molecule has 1 unspecified atom stereocenters. The minimum atomic E-state index is -3.59. The highest BCUT2D eigenvalue weighted by Gasteiger charge is 2.43. The van der Waals surface area contributed by atoms with Crippen LogP contribution >= 0.6 is 0 Å². The van der Waals surface area contributed by atoms with E-state index in [0.29, 0.717) is 24.3 Å². The highest BCUT2D eigenvalue weighted by molar-refractivity contribution is 7.90. The molecule has 1 fully saturated rings. The first kappa shape index (κ1) is 26.8. The van der Waals surface area contributed by atoms with Gasteiger partial charge >= 0.3 is 11.9 Å². The number of rotatable bonds is 6. The van der Waals surface area contributed by atoms with Gasteiger partial charge in [-0.15, -0.1) is 0 Å². The van der Waals surface area contributed by atoms with Crippen LogP contribution in [0.15, 0.2) is 76.1 Å². The van der Waals surface area contributed by atoms with E-state index in [0.717, 1.165) is 19.1 Å². The Kier molecular flexibility index (Phi) is 7.46. The normalized spacial score (nSPS) is 17.9. The quantitative estimate of drug-likeness (QED) is 0.547. The number of carbonyl (C=O) groups is 2. The van der Waals surface area contributed by atoms with Gasteiger partial charge in [0.05, 0.1) is 47.9 Å². The van der Waals surface area contributed by atoms with E-state index in [4.69, 9.17) is 15.2 Å². The minimum absolute atomic E-state index is 0.0270. The summed E-state index contributed by atoms with van der Waals surface area (Å²) in [6, 6.07) is 15.3. The van der Waals surface area contributed by atoms with Crippen molar-refractivity contribution in [3.05, 3.63) is 76.8 Å². The summed E-state index contributed by atoms with van der Waals surface area (Å²) in [5.74, 6) is -2.79. The molecular weight excluding hydrogens is 508 g/mol. The van der Waals surface area contributed by atoms with Crippen molar-refractivity contribution in [2.75, 3.05) is 43.4 Å². The maximum Gasteiger partial charge on any atom is 0.355 e. The number of benzene rings is 2. The molecule has 2 aromatic rings. The van der Waals surface area contributed by atoms with Crippen LogP contribution in [0.3, 0.4) is 0 Å². The van der Waals surface area contributed by atoms with Crippen molar-refractivity contribution in [3.63, 3.8) is 0 Å². The minimum Gasteiger partial charge on any atom is -0.466 e. The molecule has 10 nitrogen and oxygen atoms in total. The summed E-state index contributed by atoms with van der Waals surface area (Å²) in [5, 5.41) is 10.2. The SMILES string of the molecule is COC(=O)C1=C(C(=O)OC)N(c2ccc(S(C)(=O)=O)c(N3CCCC3)c2)C(N)=C(C#N)C1c1ccccc1. The standard InChI is InChI=1S/C27H28N4O6S/c1-36-26(32)23-22(17-9-5-4-6-10-17)19(16-28)25(29)31(24(23)27(33)37-2)18-11-12-21(38(3,34)35)20(15-18)30-13-7-8-14-30/h4-6,9-12,15,22H,7-8,13-14,29H2,1-3H3. The summed E-state index contributed by atoms with van der Waals surface area (Å²) in [5.41, 5.74) is 7.55. The van der Waals surface area contributed by atoms with Crippen molar-refractivity contribution in [1.29, 1.82) is 5.26 Å². The van der Waals surface area contributed by atoms with Crippen LogP contribution in [0.2, 0.25) is 0 Å². The number of nitrogens with two attached hydrogens (primary N) is 1. The van der Waals surface area contributed by atoms with E-state index in [1.807, 2.05) is 4.90 Å². The molecule has 4 rings (SSSR count). The van der Waals surface area contributed by atoms with Gasteiger partial charge in [-0.3, -0.25) is 4.90 Å². The van der Waals surface area contributed by atoms with Gasteiger partial charge in [-0.05, 0) is 36.6 Å². The van der Waals surface area contributed by atoms with Crippen molar-refractivity contribution < 1.29 is 27.5 Å². The summed E-state index contributed by atoms with van der Waals surface area (Å²) in [6.07, 6.45) is 2.93. The maximum absolute atomic E-state index is 13.3. The monoisotopic (exact) mass is 536 g/mol. The van der Waals surface area contributed by atoms with Gasteiger partial charge in [0, 0.05) is 25.0 Å². The molecule has 198 valence electrons. The van der Waals surface area contributed by atoms with Crippen LogP contribution < -0.4 is 15.5 Å². The lowest BCUT2D eigenvalue weighted by Gasteiger charge is -2.36. The van der Waals surface area contributed by atoms with E-state index >= 15 is 0 Å². The maximum atomic E-state index is 13.3. The third-order valence-corrected chi connectivity index (χ3v) is 7.80. The molecule has 0 saturated carbocycles. The number of hydrogen-bond donors (Lipinski definition) is 1. The molecule has 0 radical (unpaired) electrons. The molecule has 0 aromatic heterocycles. The average Bonchev–Trinajstić information content (AvgIpc) is 3.46. The number of nitriles is 1. The Morgan fingerprint density at radius 3 is 2.21 bits per heavy atom. The fourth-order valence-electron chi connectivity index (χ4n) is 4.95. The first-order valence-electron chi connectivity index (χ1n) is 11.9. The van der Waals surface area contributed by atoms with Gasteiger partial charge in [-0.25, -0.2) is 18.0 Å².